The Hall–Kier alpha value is -3.93. The van der Waals surface area contributed by atoms with Crippen LogP contribution in [-0.4, -0.2) is 57.0 Å². The van der Waals surface area contributed by atoms with E-state index in [1.165, 1.54) is 10.8 Å². The number of carbonyl (C=O) groups is 2. The summed E-state index contributed by atoms with van der Waals surface area (Å²) in [7, 11) is 1.59. The van der Waals surface area contributed by atoms with Crippen molar-refractivity contribution in [2.75, 3.05) is 13.7 Å². The SMILES string of the molecule is C#CC(Cn1cc[nH]c1=O)NC(=O)C1C2CCCC2CN1C(=O)c1cc2c(OC)cccc2[nH]1. The summed E-state index contributed by atoms with van der Waals surface area (Å²) in [6, 6.07) is 6.09. The van der Waals surface area contributed by atoms with E-state index in [0.29, 0.717) is 18.0 Å². The molecule has 2 aliphatic rings. The Bertz CT molecular complexity index is 1330. The first kappa shape index (κ1) is 21.9. The third-order valence-electron chi connectivity index (χ3n) is 7.11. The average Bonchev–Trinajstić information content (AvgIpc) is 3.61. The molecule has 2 aromatic heterocycles. The van der Waals surface area contributed by atoms with Gasteiger partial charge >= 0.3 is 5.69 Å². The molecule has 176 valence electrons. The van der Waals surface area contributed by atoms with Crippen LogP contribution in [0.15, 0.2) is 41.5 Å². The maximum absolute atomic E-state index is 13.6. The molecule has 1 aliphatic heterocycles. The molecule has 0 bridgehead atoms. The zero-order valence-electron chi connectivity index (χ0n) is 18.9. The molecular formula is C25H27N5O4. The summed E-state index contributed by atoms with van der Waals surface area (Å²) < 4.78 is 6.83. The lowest BCUT2D eigenvalue weighted by Crippen LogP contribution is -2.51. The minimum atomic E-state index is -0.671. The maximum atomic E-state index is 13.6. The summed E-state index contributed by atoms with van der Waals surface area (Å²) in [6.45, 7) is 0.688. The quantitative estimate of drug-likeness (QED) is 0.485. The van der Waals surface area contributed by atoms with Gasteiger partial charge in [-0.05, 0) is 42.9 Å². The van der Waals surface area contributed by atoms with Crippen molar-refractivity contribution in [1.29, 1.82) is 0 Å². The molecule has 1 aliphatic carbocycles. The zero-order chi connectivity index (χ0) is 23.8. The first-order valence-corrected chi connectivity index (χ1v) is 11.5. The largest absolute Gasteiger partial charge is 0.496 e. The van der Waals surface area contributed by atoms with Gasteiger partial charge in [-0.25, -0.2) is 4.79 Å². The van der Waals surface area contributed by atoms with E-state index < -0.39 is 12.1 Å². The molecular weight excluding hydrogens is 434 g/mol. The number of carbonyl (C=O) groups excluding carboxylic acids is 2. The molecule has 4 unspecified atom stereocenters. The van der Waals surface area contributed by atoms with Crippen LogP contribution in [0.2, 0.25) is 0 Å². The second-order valence-electron chi connectivity index (χ2n) is 9.01. The number of hydrogen-bond donors (Lipinski definition) is 3. The average molecular weight is 462 g/mol. The molecule has 3 N–H and O–H groups in total. The topological polar surface area (TPSA) is 112 Å². The zero-order valence-corrected chi connectivity index (χ0v) is 18.9. The van der Waals surface area contributed by atoms with Crippen molar-refractivity contribution < 1.29 is 14.3 Å². The van der Waals surface area contributed by atoms with Crippen molar-refractivity contribution in [2.24, 2.45) is 11.8 Å². The number of benzene rings is 1. The van der Waals surface area contributed by atoms with Gasteiger partial charge in [-0.15, -0.1) is 6.42 Å². The van der Waals surface area contributed by atoms with Gasteiger partial charge in [0.1, 0.15) is 23.5 Å². The van der Waals surface area contributed by atoms with Gasteiger partial charge in [-0.2, -0.15) is 0 Å². The Kier molecular flexibility index (Phi) is 5.65. The van der Waals surface area contributed by atoms with E-state index in [1.54, 1.807) is 24.3 Å². The molecule has 2 fully saturated rings. The number of aromatic amines is 2. The Morgan fingerprint density at radius 3 is 2.94 bits per heavy atom. The highest BCUT2D eigenvalue weighted by Crippen LogP contribution is 2.43. The van der Waals surface area contributed by atoms with Crippen LogP contribution in [0, 0.1) is 24.2 Å². The van der Waals surface area contributed by atoms with Gasteiger partial charge in [0.05, 0.1) is 13.7 Å². The highest BCUT2D eigenvalue weighted by Gasteiger charge is 2.49. The van der Waals surface area contributed by atoms with Crippen molar-refractivity contribution in [1.82, 2.24) is 24.8 Å². The van der Waals surface area contributed by atoms with Gasteiger partial charge in [0.15, 0.2) is 0 Å². The second kappa shape index (κ2) is 8.78. The predicted octanol–water partition coefficient (Wildman–Crippen LogP) is 1.73. The number of rotatable bonds is 6. The monoisotopic (exact) mass is 461 g/mol. The predicted molar refractivity (Wildman–Crippen MR) is 126 cm³/mol. The van der Waals surface area contributed by atoms with E-state index in [1.807, 2.05) is 18.2 Å². The van der Waals surface area contributed by atoms with Crippen LogP contribution in [-0.2, 0) is 11.3 Å². The first-order chi connectivity index (χ1) is 16.5. The van der Waals surface area contributed by atoms with Gasteiger partial charge in [0, 0.05) is 29.8 Å². The fourth-order valence-corrected chi connectivity index (χ4v) is 5.51. The van der Waals surface area contributed by atoms with Gasteiger partial charge in [-0.3, -0.25) is 14.2 Å². The van der Waals surface area contributed by atoms with Gasteiger partial charge in [-0.1, -0.05) is 18.4 Å². The Morgan fingerprint density at radius 2 is 2.21 bits per heavy atom. The van der Waals surface area contributed by atoms with Crippen molar-refractivity contribution in [3.05, 3.63) is 52.8 Å². The number of nitrogens with one attached hydrogen (secondary N) is 3. The number of amides is 2. The third-order valence-corrected chi connectivity index (χ3v) is 7.11. The maximum Gasteiger partial charge on any atom is 0.325 e. The van der Waals surface area contributed by atoms with Crippen LogP contribution in [0.25, 0.3) is 10.9 Å². The van der Waals surface area contributed by atoms with E-state index in [2.05, 4.69) is 21.2 Å². The molecule has 0 spiro atoms. The Labute approximate surface area is 196 Å². The normalized spacial score (nSPS) is 22.4. The molecule has 9 nitrogen and oxygen atoms in total. The number of likely N-dealkylation sites (tertiary alicyclic amines) is 1. The number of methoxy groups -OCH3 is 1. The highest BCUT2D eigenvalue weighted by atomic mass is 16.5. The third kappa shape index (κ3) is 3.75. The van der Waals surface area contributed by atoms with E-state index in [-0.39, 0.29) is 35.9 Å². The lowest BCUT2D eigenvalue weighted by molar-refractivity contribution is -0.126. The Morgan fingerprint density at radius 1 is 1.35 bits per heavy atom. The molecule has 4 atom stereocenters. The fraction of sp³-hybridized carbons (Fsp3) is 0.400. The first-order valence-electron chi connectivity index (χ1n) is 11.5. The number of imidazole rings is 1. The number of fused-ring (bicyclic) bond motifs is 2. The van der Waals surface area contributed by atoms with Crippen LogP contribution in [0.3, 0.4) is 0 Å². The number of hydrogen-bond acceptors (Lipinski definition) is 4. The summed E-state index contributed by atoms with van der Waals surface area (Å²) in [4.78, 5) is 46.3. The number of nitrogens with zero attached hydrogens (tertiary/aromatic N) is 2. The number of H-pyrrole nitrogens is 2. The molecule has 1 saturated carbocycles. The van der Waals surface area contributed by atoms with Gasteiger partial charge in [0.2, 0.25) is 5.91 Å². The summed E-state index contributed by atoms with van der Waals surface area (Å²) in [5.41, 5.74) is 0.925. The van der Waals surface area contributed by atoms with Gasteiger partial charge < -0.3 is 24.9 Å². The molecule has 9 heteroatoms. The van der Waals surface area contributed by atoms with E-state index in [0.717, 1.165) is 30.2 Å². The molecule has 0 radical (unpaired) electrons. The van der Waals surface area contributed by atoms with Crippen molar-refractivity contribution in [3.8, 4) is 18.1 Å². The molecule has 1 aromatic carbocycles. The smallest absolute Gasteiger partial charge is 0.325 e. The minimum absolute atomic E-state index is 0.0938. The standard InChI is InChI=1S/C25H27N5O4/c1-3-16(14-29-11-10-26-25(29)33)27-23(31)22-17-7-4-6-15(17)13-30(22)24(32)20-12-18-19(28-20)8-5-9-21(18)34-2/h1,5,8-12,15-17,22,28H,4,6-7,13-14H2,2H3,(H,26,33)(H,27,31). The van der Waals surface area contributed by atoms with Crippen LogP contribution in [0.4, 0.5) is 0 Å². The fourth-order valence-electron chi connectivity index (χ4n) is 5.51. The van der Waals surface area contributed by atoms with Crippen molar-refractivity contribution >= 4 is 22.7 Å². The number of ether oxygens (including phenoxy) is 1. The van der Waals surface area contributed by atoms with Crippen LogP contribution in [0.1, 0.15) is 29.8 Å². The molecule has 5 rings (SSSR count). The van der Waals surface area contributed by atoms with Crippen molar-refractivity contribution in [3.63, 3.8) is 0 Å². The van der Waals surface area contributed by atoms with Crippen LogP contribution in [0.5, 0.6) is 5.75 Å². The highest BCUT2D eigenvalue weighted by molar-refractivity contribution is 6.02. The lowest BCUT2D eigenvalue weighted by atomic mass is 9.93. The van der Waals surface area contributed by atoms with Crippen LogP contribution >= 0.6 is 0 Å². The minimum Gasteiger partial charge on any atom is -0.496 e. The van der Waals surface area contributed by atoms with E-state index >= 15 is 0 Å². The molecule has 3 aromatic rings. The second-order valence-corrected chi connectivity index (χ2v) is 9.01. The molecule has 3 heterocycles. The molecule has 1 saturated heterocycles. The van der Waals surface area contributed by atoms with Gasteiger partial charge in [0.25, 0.3) is 5.91 Å². The number of terminal acetylenes is 1. The molecule has 2 amide bonds. The summed E-state index contributed by atoms with van der Waals surface area (Å²) in [5, 5.41) is 3.71. The summed E-state index contributed by atoms with van der Waals surface area (Å²) >= 11 is 0. The number of aromatic nitrogens is 3. The Balaban J connectivity index is 1.40. The summed E-state index contributed by atoms with van der Waals surface area (Å²) in [6.07, 6.45) is 11.7. The van der Waals surface area contributed by atoms with E-state index in [4.69, 9.17) is 11.2 Å². The van der Waals surface area contributed by atoms with Crippen LogP contribution < -0.4 is 15.7 Å². The van der Waals surface area contributed by atoms with Crippen molar-refractivity contribution in [2.45, 2.75) is 37.9 Å². The van der Waals surface area contributed by atoms with E-state index in [9.17, 15) is 14.4 Å². The summed E-state index contributed by atoms with van der Waals surface area (Å²) in [5.74, 6) is 3.13. The lowest BCUT2D eigenvalue weighted by Gasteiger charge is -2.28. The molecule has 34 heavy (non-hydrogen) atoms.